The minimum absolute atomic E-state index is 0. The molecule has 0 aliphatic heterocycles. The van der Waals surface area contributed by atoms with Crippen LogP contribution in [0.3, 0.4) is 0 Å². The van der Waals surface area contributed by atoms with Gasteiger partial charge < -0.3 is 11.1 Å². The molecular formula is C18H23IN6. The fourth-order valence-electron chi connectivity index (χ4n) is 2.50. The first kappa shape index (κ1) is 19.2. The third kappa shape index (κ3) is 4.91. The fourth-order valence-corrected chi connectivity index (χ4v) is 2.50. The number of aromatic nitrogens is 3. The molecule has 3 N–H and O–H groups in total. The molecule has 0 amide bonds. The van der Waals surface area contributed by atoms with E-state index < -0.39 is 0 Å². The third-order valence-corrected chi connectivity index (χ3v) is 4.00. The Bertz CT molecular complexity index is 871. The van der Waals surface area contributed by atoms with E-state index in [-0.39, 0.29) is 24.0 Å². The van der Waals surface area contributed by atoms with Crippen LogP contribution in [0.25, 0.3) is 5.65 Å². The highest BCUT2D eigenvalue weighted by Crippen LogP contribution is 2.13. The number of halogens is 1. The average molecular weight is 450 g/mol. The maximum absolute atomic E-state index is 5.95. The minimum atomic E-state index is 0. The van der Waals surface area contributed by atoms with Crippen LogP contribution in [-0.2, 0) is 6.42 Å². The zero-order valence-corrected chi connectivity index (χ0v) is 16.8. The minimum Gasteiger partial charge on any atom is -0.370 e. The second-order valence-corrected chi connectivity index (χ2v) is 5.84. The topological polar surface area (TPSA) is 80.6 Å². The molecule has 3 rings (SSSR count). The van der Waals surface area contributed by atoms with Crippen LogP contribution in [0.2, 0.25) is 0 Å². The maximum atomic E-state index is 5.95. The molecule has 0 radical (unpaired) electrons. The van der Waals surface area contributed by atoms with Crippen molar-refractivity contribution in [2.75, 3.05) is 11.9 Å². The largest absolute Gasteiger partial charge is 0.370 e. The lowest BCUT2D eigenvalue weighted by Crippen LogP contribution is -2.23. The van der Waals surface area contributed by atoms with Gasteiger partial charge in [-0.2, -0.15) is 0 Å². The number of aryl methyl sites for hydroxylation is 3. The number of nitrogens with zero attached hydrogens (tertiary/aromatic N) is 4. The Morgan fingerprint density at radius 2 is 2.00 bits per heavy atom. The molecule has 0 saturated heterocycles. The normalized spacial score (nSPS) is 11.4. The molecule has 0 saturated carbocycles. The van der Waals surface area contributed by atoms with Crippen molar-refractivity contribution >= 4 is 41.3 Å². The summed E-state index contributed by atoms with van der Waals surface area (Å²) in [5.41, 5.74) is 10.3. The first-order valence-electron chi connectivity index (χ1n) is 8.06. The first-order chi connectivity index (χ1) is 11.6. The Morgan fingerprint density at radius 3 is 2.80 bits per heavy atom. The van der Waals surface area contributed by atoms with Crippen molar-refractivity contribution in [3.8, 4) is 0 Å². The van der Waals surface area contributed by atoms with Crippen molar-refractivity contribution in [1.82, 2.24) is 14.6 Å². The number of benzene rings is 1. The van der Waals surface area contributed by atoms with E-state index in [1.807, 2.05) is 34.9 Å². The highest BCUT2D eigenvalue weighted by Gasteiger charge is 2.03. The summed E-state index contributed by atoms with van der Waals surface area (Å²) in [7, 11) is 0. The number of guanidine groups is 1. The van der Waals surface area contributed by atoms with E-state index in [1.165, 1.54) is 11.1 Å². The predicted molar refractivity (Wildman–Crippen MR) is 113 cm³/mol. The van der Waals surface area contributed by atoms with E-state index in [0.717, 1.165) is 30.0 Å². The molecule has 0 fully saturated rings. The number of hydrogen-bond donors (Lipinski definition) is 2. The van der Waals surface area contributed by atoms with Crippen LogP contribution in [0.15, 0.2) is 47.6 Å². The number of nitrogens with one attached hydrogen (secondary N) is 1. The summed E-state index contributed by atoms with van der Waals surface area (Å²) in [5.74, 6) is 1.38. The Hall–Kier alpha value is -2.16. The van der Waals surface area contributed by atoms with Gasteiger partial charge in [0.2, 0.25) is 0 Å². The quantitative estimate of drug-likeness (QED) is 0.271. The molecule has 0 spiro atoms. The van der Waals surface area contributed by atoms with Gasteiger partial charge in [-0.05, 0) is 55.7 Å². The molecule has 2 aromatic heterocycles. The molecule has 0 unspecified atom stereocenters. The van der Waals surface area contributed by atoms with Crippen LogP contribution in [-0.4, -0.2) is 27.1 Å². The molecule has 1 aromatic carbocycles. The van der Waals surface area contributed by atoms with E-state index in [0.29, 0.717) is 12.5 Å². The SMILES string of the molecule is Cc1ccc(NC(N)=NCCCc2nnc3ccccn23)cc1C.I. The van der Waals surface area contributed by atoms with Gasteiger partial charge >= 0.3 is 0 Å². The molecule has 3 aromatic rings. The lowest BCUT2D eigenvalue weighted by Gasteiger charge is -2.08. The van der Waals surface area contributed by atoms with Crippen LogP contribution in [0, 0.1) is 13.8 Å². The Balaban J connectivity index is 0.00000225. The third-order valence-electron chi connectivity index (χ3n) is 4.00. The number of rotatable bonds is 5. The van der Waals surface area contributed by atoms with Gasteiger partial charge in [-0.15, -0.1) is 34.2 Å². The van der Waals surface area contributed by atoms with Gasteiger partial charge in [-0.3, -0.25) is 9.39 Å². The molecule has 2 heterocycles. The summed E-state index contributed by atoms with van der Waals surface area (Å²) in [6.45, 7) is 4.81. The summed E-state index contributed by atoms with van der Waals surface area (Å²) in [4.78, 5) is 4.38. The predicted octanol–water partition coefficient (Wildman–Crippen LogP) is 3.32. The lowest BCUT2D eigenvalue weighted by atomic mass is 10.1. The van der Waals surface area contributed by atoms with E-state index in [1.54, 1.807) is 0 Å². The second kappa shape index (κ2) is 8.80. The number of nitrogens with two attached hydrogens (primary N) is 1. The number of fused-ring (bicyclic) bond motifs is 1. The Labute approximate surface area is 164 Å². The molecule has 25 heavy (non-hydrogen) atoms. The fraction of sp³-hybridized carbons (Fsp3) is 0.278. The summed E-state index contributed by atoms with van der Waals surface area (Å²) >= 11 is 0. The smallest absolute Gasteiger partial charge is 0.193 e. The number of pyridine rings is 1. The summed E-state index contributed by atoms with van der Waals surface area (Å²) in [6.07, 6.45) is 3.65. The molecular weight excluding hydrogens is 427 g/mol. The lowest BCUT2D eigenvalue weighted by molar-refractivity contribution is 0.770. The molecule has 7 heteroatoms. The number of hydrogen-bond acceptors (Lipinski definition) is 3. The van der Waals surface area contributed by atoms with E-state index in [4.69, 9.17) is 5.73 Å². The van der Waals surface area contributed by atoms with Crippen molar-refractivity contribution in [1.29, 1.82) is 0 Å². The monoisotopic (exact) mass is 450 g/mol. The van der Waals surface area contributed by atoms with Crippen LogP contribution in [0.5, 0.6) is 0 Å². The second-order valence-electron chi connectivity index (χ2n) is 5.84. The number of anilines is 1. The van der Waals surface area contributed by atoms with Gasteiger partial charge in [0.25, 0.3) is 0 Å². The van der Waals surface area contributed by atoms with Crippen LogP contribution in [0.1, 0.15) is 23.4 Å². The number of aliphatic imine (C=N–C) groups is 1. The standard InChI is InChI=1S/C18H22N6.HI/c1-13-8-9-15(12-14(13)2)21-18(19)20-10-5-7-17-23-22-16-6-3-4-11-24(16)17;/h3-4,6,8-9,11-12H,5,7,10H2,1-2H3,(H3,19,20,21);1H. The van der Waals surface area contributed by atoms with Crippen molar-refractivity contribution in [2.45, 2.75) is 26.7 Å². The molecule has 0 aliphatic carbocycles. The summed E-state index contributed by atoms with van der Waals surface area (Å²) in [5, 5.41) is 11.5. The van der Waals surface area contributed by atoms with Crippen molar-refractivity contribution in [2.24, 2.45) is 10.7 Å². The Kier molecular flexibility index (Phi) is 6.74. The first-order valence-corrected chi connectivity index (χ1v) is 8.06. The molecule has 132 valence electrons. The maximum Gasteiger partial charge on any atom is 0.193 e. The van der Waals surface area contributed by atoms with Gasteiger partial charge in [0, 0.05) is 24.8 Å². The molecule has 0 aliphatic rings. The van der Waals surface area contributed by atoms with Gasteiger partial charge in [0.1, 0.15) is 5.82 Å². The van der Waals surface area contributed by atoms with Crippen molar-refractivity contribution in [3.05, 3.63) is 59.5 Å². The van der Waals surface area contributed by atoms with Gasteiger partial charge in [-0.1, -0.05) is 12.1 Å². The molecule has 0 atom stereocenters. The van der Waals surface area contributed by atoms with Crippen LogP contribution >= 0.6 is 24.0 Å². The highest BCUT2D eigenvalue weighted by molar-refractivity contribution is 14.0. The van der Waals surface area contributed by atoms with Gasteiger partial charge in [0.05, 0.1) is 0 Å². The van der Waals surface area contributed by atoms with Gasteiger partial charge in [-0.25, -0.2) is 0 Å². The zero-order chi connectivity index (χ0) is 16.9. The van der Waals surface area contributed by atoms with E-state index in [2.05, 4.69) is 46.5 Å². The van der Waals surface area contributed by atoms with Crippen molar-refractivity contribution < 1.29 is 0 Å². The zero-order valence-electron chi connectivity index (χ0n) is 14.4. The van der Waals surface area contributed by atoms with E-state index in [9.17, 15) is 0 Å². The van der Waals surface area contributed by atoms with Gasteiger partial charge in [0.15, 0.2) is 11.6 Å². The molecule has 0 bridgehead atoms. The Morgan fingerprint density at radius 1 is 1.16 bits per heavy atom. The summed E-state index contributed by atoms with van der Waals surface area (Å²) < 4.78 is 2.00. The van der Waals surface area contributed by atoms with E-state index >= 15 is 0 Å². The molecule has 6 nitrogen and oxygen atoms in total. The van der Waals surface area contributed by atoms with Crippen LogP contribution in [0.4, 0.5) is 5.69 Å². The summed E-state index contributed by atoms with van der Waals surface area (Å²) in [6, 6.07) is 12.0. The van der Waals surface area contributed by atoms with Crippen molar-refractivity contribution in [3.63, 3.8) is 0 Å². The highest BCUT2D eigenvalue weighted by atomic mass is 127. The average Bonchev–Trinajstić information content (AvgIpc) is 2.98. The van der Waals surface area contributed by atoms with Crippen LogP contribution < -0.4 is 11.1 Å².